The van der Waals surface area contributed by atoms with Gasteiger partial charge in [-0.25, -0.2) is 13.2 Å². The van der Waals surface area contributed by atoms with Crippen molar-refractivity contribution in [3.8, 4) is 0 Å². The van der Waals surface area contributed by atoms with E-state index in [-0.39, 0.29) is 22.4 Å². The molecule has 1 aliphatic heterocycles. The van der Waals surface area contributed by atoms with E-state index in [0.29, 0.717) is 25.1 Å². The molecule has 0 atom stereocenters. The van der Waals surface area contributed by atoms with Crippen LogP contribution in [0.3, 0.4) is 0 Å². The molecule has 0 bridgehead atoms. The molecule has 0 unspecified atom stereocenters. The molecule has 10 heteroatoms. The van der Waals surface area contributed by atoms with Crippen LogP contribution in [0.15, 0.2) is 22.6 Å². The summed E-state index contributed by atoms with van der Waals surface area (Å²) in [5.41, 5.74) is -0.699. The summed E-state index contributed by atoms with van der Waals surface area (Å²) in [6, 6.07) is 4.39. The number of nitrogens with zero attached hydrogens (tertiary/aromatic N) is 1. The minimum atomic E-state index is -2.04. The van der Waals surface area contributed by atoms with Crippen molar-refractivity contribution in [2.24, 2.45) is 0 Å². The van der Waals surface area contributed by atoms with Gasteiger partial charge in [-0.2, -0.15) is 4.39 Å². The molecule has 156 valence electrons. The molecule has 2 heterocycles. The number of carbonyl (C=O) groups excluding carboxylic acids is 2. The van der Waals surface area contributed by atoms with E-state index in [1.54, 1.807) is 0 Å². The number of benzene rings is 2. The van der Waals surface area contributed by atoms with Crippen LogP contribution in [0.25, 0.3) is 11.0 Å². The Kier molecular flexibility index (Phi) is 4.93. The van der Waals surface area contributed by atoms with Crippen molar-refractivity contribution in [2.75, 3.05) is 16.8 Å². The Bertz CT molecular complexity index is 1220. The first kappa shape index (κ1) is 20.2. The summed E-state index contributed by atoms with van der Waals surface area (Å²) in [7, 11) is 0. The van der Waals surface area contributed by atoms with Crippen molar-refractivity contribution in [1.82, 2.24) is 0 Å². The highest BCUT2D eigenvalue weighted by molar-refractivity contribution is 6.34. The molecular weight excluding hydrogens is 428 g/mol. The maximum absolute atomic E-state index is 14.3. The molecule has 1 aliphatic rings. The average molecular weight is 441 g/mol. The molecule has 1 saturated heterocycles. The number of fused-ring (bicyclic) bond motifs is 1. The van der Waals surface area contributed by atoms with Crippen LogP contribution >= 0.6 is 11.6 Å². The van der Waals surface area contributed by atoms with Crippen molar-refractivity contribution in [3.63, 3.8) is 0 Å². The number of hydrogen-bond acceptors (Lipinski definition) is 3. The van der Waals surface area contributed by atoms with Gasteiger partial charge in [0.1, 0.15) is 5.76 Å². The van der Waals surface area contributed by atoms with E-state index in [4.69, 9.17) is 16.0 Å². The quantitative estimate of drug-likeness (QED) is 0.340. The maximum atomic E-state index is 14.3. The summed E-state index contributed by atoms with van der Waals surface area (Å²) in [6.07, 6.45) is 1.13. The Hall–Kier alpha value is -3.07. The third kappa shape index (κ3) is 3.09. The van der Waals surface area contributed by atoms with Gasteiger partial charge in [-0.3, -0.25) is 9.59 Å². The highest BCUT2D eigenvalue weighted by Gasteiger charge is 2.30. The summed E-state index contributed by atoms with van der Waals surface area (Å²) in [5.74, 6) is -8.76. The summed E-state index contributed by atoms with van der Waals surface area (Å²) in [4.78, 5) is 26.1. The number of nitrogens with one attached hydrogen (secondary N) is 1. The molecule has 30 heavy (non-hydrogen) atoms. The highest BCUT2D eigenvalue weighted by atomic mass is 35.5. The molecule has 0 radical (unpaired) electrons. The number of anilines is 2. The van der Waals surface area contributed by atoms with E-state index < -0.39 is 45.7 Å². The molecule has 2 aromatic carbocycles. The number of halogens is 5. The van der Waals surface area contributed by atoms with Gasteiger partial charge < -0.3 is 14.6 Å². The monoisotopic (exact) mass is 440 g/mol. The van der Waals surface area contributed by atoms with Crippen LogP contribution in [-0.2, 0) is 4.79 Å². The lowest BCUT2D eigenvalue weighted by molar-refractivity contribution is -0.117. The molecule has 4 rings (SSSR count). The molecule has 2 amide bonds. The Morgan fingerprint density at radius 2 is 1.83 bits per heavy atom. The summed E-state index contributed by atoms with van der Waals surface area (Å²) in [6.45, 7) is 1.76. The van der Waals surface area contributed by atoms with E-state index in [0.717, 1.165) is 0 Å². The van der Waals surface area contributed by atoms with E-state index in [2.05, 4.69) is 5.32 Å². The lowest BCUT2D eigenvalue weighted by Crippen LogP contribution is -2.24. The number of furan rings is 1. The van der Waals surface area contributed by atoms with Crippen molar-refractivity contribution in [3.05, 3.63) is 57.8 Å². The van der Waals surface area contributed by atoms with E-state index in [9.17, 15) is 27.2 Å². The lowest BCUT2D eigenvalue weighted by Gasteiger charge is -2.18. The number of aryl methyl sites for hydroxylation is 1. The number of rotatable bonds is 3. The molecule has 5 nitrogen and oxygen atoms in total. The van der Waals surface area contributed by atoms with Gasteiger partial charge in [0, 0.05) is 18.7 Å². The normalized spacial score (nSPS) is 14.1. The second-order valence-electron chi connectivity index (χ2n) is 6.76. The minimum Gasteiger partial charge on any atom is -0.457 e. The van der Waals surface area contributed by atoms with Crippen LogP contribution in [0.4, 0.5) is 28.9 Å². The minimum absolute atomic E-state index is 0.0686. The zero-order valence-electron chi connectivity index (χ0n) is 15.4. The van der Waals surface area contributed by atoms with E-state index >= 15 is 0 Å². The number of amides is 2. The third-order valence-corrected chi connectivity index (χ3v) is 5.18. The highest BCUT2D eigenvalue weighted by Crippen LogP contribution is 2.35. The fourth-order valence-electron chi connectivity index (χ4n) is 3.48. The van der Waals surface area contributed by atoms with E-state index in [1.807, 2.05) is 0 Å². The van der Waals surface area contributed by atoms with Crippen LogP contribution in [0.1, 0.15) is 29.0 Å². The summed E-state index contributed by atoms with van der Waals surface area (Å²) in [5, 5.41) is 1.83. The van der Waals surface area contributed by atoms with Crippen molar-refractivity contribution >= 4 is 45.8 Å². The first-order valence-corrected chi connectivity index (χ1v) is 9.24. The molecule has 1 aromatic heterocycles. The molecule has 1 fully saturated rings. The molecular formula is C20H13ClF4N2O3. The Balaban J connectivity index is 1.70. The van der Waals surface area contributed by atoms with Gasteiger partial charge in [-0.1, -0.05) is 11.6 Å². The van der Waals surface area contributed by atoms with Crippen molar-refractivity contribution < 1.29 is 31.6 Å². The van der Waals surface area contributed by atoms with Gasteiger partial charge in [0.15, 0.2) is 17.2 Å². The fraction of sp³-hybridized carbons (Fsp3) is 0.200. The lowest BCUT2D eigenvalue weighted by atomic mass is 10.1. The smallest absolute Gasteiger partial charge is 0.259 e. The number of carbonyl (C=O) groups is 2. The molecule has 0 aliphatic carbocycles. The van der Waals surface area contributed by atoms with Gasteiger partial charge in [-0.15, -0.1) is 0 Å². The molecule has 3 aromatic rings. The SMILES string of the molecule is Cc1oc2c(F)c(F)c(F)c(F)c2c1C(=O)Nc1ccc(N2CCCC2=O)c(Cl)c1. The zero-order chi connectivity index (χ0) is 21.7. The first-order chi connectivity index (χ1) is 14.2. The fourth-order valence-corrected chi connectivity index (χ4v) is 3.77. The standard InChI is InChI=1S/C20H13ClF4N2O3/c1-8-13(14-15(22)16(23)17(24)18(25)19(14)30-8)20(29)26-9-4-5-11(10(21)7-9)27-6-2-3-12(27)28/h4-5,7H,2-3,6H2,1H3,(H,26,29). The van der Waals surface area contributed by atoms with Gasteiger partial charge in [0.05, 0.1) is 21.7 Å². The van der Waals surface area contributed by atoms with Gasteiger partial charge in [0.2, 0.25) is 17.5 Å². The van der Waals surface area contributed by atoms with Crippen LogP contribution < -0.4 is 10.2 Å². The van der Waals surface area contributed by atoms with Crippen molar-refractivity contribution in [2.45, 2.75) is 19.8 Å². The second-order valence-corrected chi connectivity index (χ2v) is 7.17. The van der Waals surface area contributed by atoms with Gasteiger partial charge in [0.25, 0.3) is 5.91 Å². The zero-order valence-corrected chi connectivity index (χ0v) is 16.2. The number of hydrogen-bond donors (Lipinski definition) is 1. The second kappa shape index (κ2) is 7.32. The van der Waals surface area contributed by atoms with Crippen molar-refractivity contribution in [1.29, 1.82) is 0 Å². The van der Waals surface area contributed by atoms with Crippen LogP contribution in [0, 0.1) is 30.2 Å². The van der Waals surface area contributed by atoms with Crippen LogP contribution in [-0.4, -0.2) is 18.4 Å². The first-order valence-electron chi connectivity index (χ1n) is 8.87. The Morgan fingerprint density at radius 3 is 2.47 bits per heavy atom. The Morgan fingerprint density at radius 1 is 1.13 bits per heavy atom. The predicted octanol–water partition coefficient (Wildman–Crippen LogP) is 5.33. The molecule has 0 saturated carbocycles. The van der Waals surface area contributed by atoms with Crippen LogP contribution in [0.2, 0.25) is 5.02 Å². The topological polar surface area (TPSA) is 62.6 Å². The third-order valence-electron chi connectivity index (χ3n) is 4.88. The predicted molar refractivity (Wildman–Crippen MR) is 102 cm³/mol. The Labute approximate surface area is 172 Å². The van der Waals surface area contributed by atoms with E-state index in [1.165, 1.54) is 30.0 Å². The van der Waals surface area contributed by atoms with Gasteiger partial charge in [-0.05, 0) is 31.5 Å². The summed E-state index contributed by atoms with van der Waals surface area (Å²) >= 11 is 6.23. The maximum Gasteiger partial charge on any atom is 0.259 e. The molecule has 1 N–H and O–H groups in total. The molecule has 0 spiro atoms. The average Bonchev–Trinajstić information content (AvgIpc) is 3.28. The largest absolute Gasteiger partial charge is 0.457 e. The van der Waals surface area contributed by atoms with Crippen LogP contribution in [0.5, 0.6) is 0 Å². The summed E-state index contributed by atoms with van der Waals surface area (Å²) < 4.78 is 60.3. The van der Waals surface area contributed by atoms with Gasteiger partial charge >= 0.3 is 0 Å².